The number of Topliss-reactive ketones (excluding diaryl/α,β-unsaturated/α-hetero) is 1. The van der Waals surface area contributed by atoms with Gasteiger partial charge in [0.1, 0.15) is 56.1 Å². The van der Waals surface area contributed by atoms with Crippen LogP contribution in [0.4, 0.5) is 51.7 Å². The number of halogens is 6. The predicted molar refractivity (Wildman–Crippen MR) is 448 cm³/mol. The minimum atomic E-state index is -1.35. The summed E-state index contributed by atoms with van der Waals surface area (Å²) in [5, 5.41) is 42.7. The molecule has 5 aliphatic heterocycles. The summed E-state index contributed by atoms with van der Waals surface area (Å²) < 4.78 is 64.5. The largest absolute Gasteiger partial charge is 1.00 e. The van der Waals surface area contributed by atoms with Crippen LogP contribution in [-0.2, 0) is 22.4 Å². The normalized spacial score (nSPS) is 16.4. The molecular weight excluding hydrogens is 1570 g/mol. The van der Waals surface area contributed by atoms with Gasteiger partial charge in [-0.05, 0) is 208 Å². The second kappa shape index (κ2) is 47.8. The molecule has 0 saturated carbocycles. The van der Waals surface area contributed by atoms with Gasteiger partial charge in [-0.3, -0.25) is 24.7 Å². The maximum absolute atomic E-state index is 13.0. The van der Waals surface area contributed by atoms with Crippen molar-refractivity contribution >= 4 is 51.5 Å². The van der Waals surface area contributed by atoms with Crippen LogP contribution >= 0.6 is 15.9 Å². The predicted octanol–water partition coefficient (Wildman–Crippen LogP) is 12.6. The van der Waals surface area contributed by atoms with Crippen molar-refractivity contribution in [1.82, 2.24) is 74.8 Å². The van der Waals surface area contributed by atoms with E-state index < -0.39 is 45.7 Å². The molecule has 2 unspecified atom stereocenters. The van der Waals surface area contributed by atoms with Gasteiger partial charge < -0.3 is 51.8 Å². The number of hydrogen-bond acceptors (Lipinski definition) is 25. The first kappa shape index (κ1) is 97.2. The summed E-state index contributed by atoms with van der Waals surface area (Å²) in [6.07, 6.45) is 41.9. The summed E-state index contributed by atoms with van der Waals surface area (Å²) in [4.78, 5) is 84.6. The van der Waals surface area contributed by atoms with E-state index in [0.717, 1.165) is 160 Å². The third kappa shape index (κ3) is 28.6. The van der Waals surface area contributed by atoms with Crippen LogP contribution < -0.4 is 43.4 Å². The second-order valence-corrected chi connectivity index (χ2v) is 29.9. The maximum atomic E-state index is 13.0. The third-order valence-corrected chi connectivity index (χ3v) is 20.5. The molecule has 118 heavy (non-hydrogen) atoms. The molecule has 4 atom stereocenters. The Morgan fingerprint density at radius 2 is 0.525 bits per heavy atom. The van der Waals surface area contributed by atoms with Crippen LogP contribution in [0.1, 0.15) is 221 Å². The summed E-state index contributed by atoms with van der Waals surface area (Å²) in [5.41, 5.74) is -1.24. The van der Waals surface area contributed by atoms with E-state index >= 15 is 0 Å². The Bertz CT molecular complexity index is 4020. The molecule has 32 heteroatoms. The van der Waals surface area contributed by atoms with Crippen LogP contribution in [-0.4, -0.2) is 166 Å². The molecule has 0 aromatic carbocycles. The van der Waals surface area contributed by atoms with Crippen LogP contribution in [0, 0.1) is 36.0 Å². The third-order valence-electron chi connectivity index (χ3n) is 20.0. The summed E-state index contributed by atoms with van der Waals surface area (Å²) in [7, 11) is 0. The molecule has 15 heterocycles. The minimum absolute atomic E-state index is 0. The van der Waals surface area contributed by atoms with Crippen molar-refractivity contribution in [2.45, 2.75) is 188 Å². The summed E-state index contributed by atoms with van der Waals surface area (Å²) in [5.74, 6) is 1.46. The maximum Gasteiger partial charge on any atom is 1.00 e. The van der Waals surface area contributed by atoms with Gasteiger partial charge in [0.25, 0.3) is 0 Å². The Hall–Kier alpha value is -9.61. The van der Waals surface area contributed by atoms with Crippen LogP contribution in [0.25, 0.3) is 0 Å². The number of aromatic nitrogens is 15. The molecule has 0 radical (unpaired) electrons. The molecule has 10 aromatic rings. The first-order valence-corrected chi connectivity index (χ1v) is 39.9. The number of piperidine rings is 5. The smallest absolute Gasteiger partial charge is 0.379 e. The van der Waals surface area contributed by atoms with E-state index in [4.69, 9.17) is 0 Å². The van der Waals surface area contributed by atoms with Crippen LogP contribution in [0.5, 0.6) is 0 Å². The number of pyridine rings is 5. The van der Waals surface area contributed by atoms with Crippen molar-refractivity contribution in [3.05, 3.63) is 245 Å². The van der Waals surface area contributed by atoms with Gasteiger partial charge in [-0.25, -0.2) is 76.8 Å². The van der Waals surface area contributed by atoms with E-state index in [0.29, 0.717) is 79.0 Å². The summed E-state index contributed by atoms with van der Waals surface area (Å²) in [6.45, 7) is 23.5. The van der Waals surface area contributed by atoms with Gasteiger partial charge in [-0.15, -0.1) is 0 Å². The molecule has 5 saturated heterocycles. The standard InChI is InChI=1S/4C16H19FN4O.C11H15N3O.C5H3BrFN.C4H9.2CH4.Li/c4*1-16(22,14-6-5-13(17)11-18-14)12-9-19-15(20-10-12)21-7-3-2-4-8-21;1-9(15)10-7-12-11(13-8-10)14-5-3-2-4-6-14;6-5-2-1-4(7)3-8-5;1-3-4-2;;;/h4*5-6,9-11,22H,2-4,7-8H2,1H3;7-8H,2-6H2,1H3;1-3H;1,3-4H2,2H3;2*1H4;/q;;;;;;-1;;;+1/t2*16-;;;;;;;;/m10......../s1. The average molecular weight is 1690 g/mol. The number of anilines is 5. The zero-order valence-electron chi connectivity index (χ0n) is 67.1. The summed E-state index contributed by atoms with van der Waals surface area (Å²) in [6, 6.07) is 13.9. The Labute approximate surface area is 710 Å². The van der Waals surface area contributed by atoms with Crippen molar-refractivity contribution in [1.29, 1.82) is 0 Å². The molecule has 0 aliphatic carbocycles. The molecule has 10 aromatic heterocycles. The number of hydrogen-bond donors (Lipinski definition) is 4. The van der Waals surface area contributed by atoms with E-state index in [9.17, 15) is 47.2 Å². The topological polar surface area (TPSA) is 308 Å². The monoisotopic (exact) mass is 1680 g/mol. The van der Waals surface area contributed by atoms with Crippen molar-refractivity contribution in [3.8, 4) is 0 Å². The fourth-order valence-corrected chi connectivity index (χ4v) is 12.9. The number of ketones is 1. The Morgan fingerprint density at radius 3 is 0.678 bits per heavy atom. The van der Waals surface area contributed by atoms with E-state index in [1.807, 2.05) is 0 Å². The first-order valence-electron chi connectivity index (χ1n) is 39.1. The molecule has 4 N–H and O–H groups in total. The Kier molecular flexibility index (Phi) is 39.4. The summed E-state index contributed by atoms with van der Waals surface area (Å²) >= 11 is 3.07. The minimum Gasteiger partial charge on any atom is -0.379 e. The van der Waals surface area contributed by atoms with Gasteiger partial charge in [0.2, 0.25) is 29.7 Å². The van der Waals surface area contributed by atoms with Crippen molar-refractivity contribution < 1.29 is 66.0 Å². The van der Waals surface area contributed by atoms with Crippen molar-refractivity contribution in [3.63, 3.8) is 0 Å². The Balaban J connectivity index is 0.000000220. The first-order chi connectivity index (χ1) is 55.3. The molecule has 0 amide bonds. The Morgan fingerprint density at radius 1 is 0.339 bits per heavy atom. The van der Waals surface area contributed by atoms with Crippen molar-refractivity contribution in [2.75, 3.05) is 89.9 Å². The van der Waals surface area contributed by atoms with Gasteiger partial charge in [0, 0.05) is 150 Å². The molecule has 15 rings (SSSR count). The molecule has 628 valence electrons. The second-order valence-electron chi connectivity index (χ2n) is 29.0. The fourth-order valence-electron chi connectivity index (χ4n) is 12.7. The van der Waals surface area contributed by atoms with Gasteiger partial charge in [-0.2, -0.15) is 6.42 Å². The van der Waals surface area contributed by atoms with Crippen LogP contribution in [0.2, 0.25) is 0 Å². The fraction of sp³-hybridized carbons (Fsp3) is 0.453. The molecule has 25 nitrogen and oxygen atoms in total. The van der Waals surface area contributed by atoms with Gasteiger partial charge >= 0.3 is 18.9 Å². The molecule has 0 spiro atoms. The number of aliphatic hydroxyl groups is 4. The van der Waals surface area contributed by atoms with E-state index in [1.54, 1.807) is 95.7 Å². The zero-order valence-corrected chi connectivity index (χ0v) is 68.7. The molecular formula is C86H111BrF5LiN20O5. The van der Waals surface area contributed by atoms with Gasteiger partial charge in [-0.1, -0.05) is 28.2 Å². The number of carbonyl (C=O) groups is 1. The van der Waals surface area contributed by atoms with Crippen LogP contribution in [0.3, 0.4) is 0 Å². The van der Waals surface area contributed by atoms with E-state index in [-0.39, 0.29) is 45.3 Å². The van der Waals surface area contributed by atoms with Gasteiger partial charge in [0.15, 0.2) is 5.78 Å². The number of nitrogens with zero attached hydrogens (tertiary/aromatic N) is 20. The number of rotatable bonds is 15. The number of unbranched alkanes of at least 4 members (excludes halogenated alkanes) is 1. The molecule has 0 bridgehead atoms. The molecule has 5 fully saturated rings. The van der Waals surface area contributed by atoms with Crippen molar-refractivity contribution in [2.24, 2.45) is 0 Å². The van der Waals surface area contributed by atoms with Gasteiger partial charge in [0.05, 0.1) is 59.3 Å². The molecule has 5 aliphatic rings. The number of carbonyl (C=O) groups excluding carboxylic acids is 1. The van der Waals surface area contributed by atoms with Crippen LogP contribution in [0.15, 0.2) is 158 Å². The van der Waals surface area contributed by atoms with E-state index in [1.165, 1.54) is 113 Å². The zero-order chi connectivity index (χ0) is 82.4. The quantitative estimate of drug-likeness (QED) is 0.0244. The SMILES string of the molecule is C.C.CC(=O)c1cnc(N2CCCCC2)nc1.CC(O)(c1cnc(N2CCCCC2)nc1)c1ccc(F)cn1.CC(O)(c1cnc(N2CCCCC2)nc1)c1ccc(F)cn1.C[C@@](O)(c1cnc(N2CCCCC2)nc1)c1ccc(F)cn1.C[C@](O)(c1cnc(N2CCCCC2)nc1)c1ccc(F)cn1.Fc1ccc(Br)nc1.[CH2-]CCC.[Li+]. The average Bonchev–Trinajstić information content (AvgIpc) is 0.813. The van der Waals surface area contributed by atoms with E-state index in [2.05, 4.69) is 129 Å².